The Hall–Kier alpha value is -5.61. The summed E-state index contributed by atoms with van der Waals surface area (Å²) >= 11 is 0. The summed E-state index contributed by atoms with van der Waals surface area (Å²) in [6.07, 6.45) is 3.68. The minimum Gasteiger partial charge on any atom is -0.294 e. The SMILES string of the molecule is c1ccc(-c2cc(-c3cccc(-n4c5ccccc5c5cccnc54)c3)cc(-c3cccc4ccccc34)n2)nc1. The lowest BCUT2D eigenvalue weighted by Gasteiger charge is -2.13. The topological polar surface area (TPSA) is 43.6 Å². The van der Waals surface area contributed by atoms with Gasteiger partial charge in [-0.15, -0.1) is 0 Å². The van der Waals surface area contributed by atoms with E-state index >= 15 is 0 Å². The first-order valence-corrected chi connectivity index (χ1v) is 13.7. The summed E-state index contributed by atoms with van der Waals surface area (Å²) in [7, 11) is 0. The largest absolute Gasteiger partial charge is 0.294 e. The van der Waals surface area contributed by atoms with Gasteiger partial charge in [-0.2, -0.15) is 0 Å². The molecule has 192 valence electrons. The lowest BCUT2D eigenvalue weighted by molar-refractivity contribution is 1.14. The Morgan fingerprint density at radius 1 is 0.463 bits per heavy atom. The van der Waals surface area contributed by atoms with Gasteiger partial charge in [-0.3, -0.25) is 9.55 Å². The maximum atomic E-state index is 5.13. The molecule has 0 N–H and O–H groups in total. The second kappa shape index (κ2) is 9.54. The van der Waals surface area contributed by atoms with Crippen molar-refractivity contribution in [1.29, 1.82) is 0 Å². The predicted octanol–water partition coefficient (Wildman–Crippen LogP) is 9.12. The van der Waals surface area contributed by atoms with E-state index in [2.05, 4.69) is 119 Å². The predicted molar refractivity (Wildman–Crippen MR) is 168 cm³/mol. The van der Waals surface area contributed by atoms with Gasteiger partial charge in [0.15, 0.2) is 0 Å². The summed E-state index contributed by atoms with van der Waals surface area (Å²) in [6.45, 7) is 0. The fourth-order valence-corrected chi connectivity index (χ4v) is 5.81. The van der Waals surface area contributed by atoms with E-state index in [-0.39, 0.29) is 0 Å². The van der Waals surface area contributed by atoms with Gasteiger partial charge in [0.05, 0.1) is 22.6 Å². The number of benzene rings is 4. The van der Waals surface area contributed by atoms with Gasteiger partial charge in [-0.1, -0.05) is 78.9 Å². The van der Waals surface area contributed by atoms with Crippen LogP contribution in [-0.2, 0) is 0 Å². The number of fused-ring (bicyclic) bond motifs is 4. The molecule has 0 saturated carbocycles. The van der Waals surface area contributed by atoms with Crippen LogP contribution < -0.4 is 0 Å². The van der Waals surface area contributed by atoms with Crippen LogP contribution in [0.1, 0.15) is 0 Å². The van der Waals surface area contributed by atoms with Crippen LogP contribution >= 0.6 is 0 Å². The highest BCUT2D eigenvalue weighted by Gasteiger charge is 2.15. The second-order valence-electron chi connectivity index (χ2n) is 10.1. The van der Waals surface area contributed by atoms with Gasteiger partial charge in [-0.05, 0) is 76.5 Å². The summed E-state index contributed by atoms with van der Waals surface area (Å²) < 4.78 is 2.25. The molecule has 41 heavy (non-hydrogen) atoms. The molecular weight excluding hydrogens is 500 g/mol. The third-order valence-electron chi connectivity index (χ3n) is 7.69. The maximum Gasteiger partial charge on any atom is 0.145 e. The first-order chi connectivity index (χ1) is 20.3. The van der Waals surface area contributed by atoms with Crippen LogP contribution in [0, 0.1) is 0 Å². The van der Waals surface area contributed by atoms with Crippen LogP contribution in [0.4, 0.5) is 0 Å². The fraction of sp³-hybridized carbons (Fsp3) is 0. The smallest absolute Gasteiger partial charge is 0.145 e. The van der Waals surface area contributed by atoms with Gasteiger partial charge in [0.2, 0.25) is 0 Å². The third-order valence-corrected chi connectivity index (χ3v) is 7.69. The summed E-state index contributed by atoms with van der Waals surface area (Å²) in [5.41, 5.74) is 9.05. The highest BCUT2D eigenvalue weighted by molar-refractivity contribution is 6.07. The van der Waals surface area contributed by atoms with E-state index in [0.717, 1.165) is 56.0 Å². The Labute approximate surface area is 237 Å². The summed E-state index contributed by atoms with van der Waals surface area (Å²) in [5, 5.41) is 4.71. The minimum atomic E-state index is 0.843. The summed E-state index contributed by atoms with van der Waals surface area (Å²) in [4.78, 5) is 14.5. The Morgan fingerprint density at radius 2 is 1.22 bits per heavy atom. The Balaban J connectivity index is 1.35. The molecular formula is C37H24N4. The molecule has 0 radical (unpaired) electrons. The highest BCUT2D eigenvalue weighted by atomic mass is 15.0. The molecule has 4 aromatic heterocycles. The van der Waals surface area contributed by atoms with Crippen molar-refractivity contribution in [3.05, 3.63) is 146 Å². The molecule has 0 bridgehead atoms. The minimum absolute atomic E-state index is 0.843. The van der Waals surface area contributed by atoms with Crippen molar-refractivity contribution in [2.45, 2.75) is 0 Å². The monoisotopic (exact) mass is 524 g/mol. The van der Waals surface area contributed by atoms with Crippen LogP contribution in [0.2, 0.25) is 0 Å². The van der Waals surface area contributed by atoms with Crippen molar-refractivity contribution in [1.82, 2.24) is 19.5 Å². The van der Waals surface area contributed by atoms with E-state index in [9.17, 15) is 0 Å². The van der Waals surface area contributed by atoms with Gasteiger partial charge in [0.25, 0.3) is 0 Å². The first-order valence-electron chi connectivity index (χ1n) is 13.7. The van der Waals surface area contributed by atoms with Crippen LogP contribution in [0.5, 0.6) is 0 Å². The van der Waals surface area contributed by atoms with E-state index in [1.165, 1.54) is 16.2 Å². The average Bonchev–Trinajstić information content (AvgIpc) is 3.39. The molecule has 0 amide bonds. The van der Waals surface area contributed by atoms with Gasteiger partial charge < -0.3 is 0 Å². The van der Waals surface area contributed by atoms with Crippen molar-refractivity contribution in [2.75, 3.05) is 0 Å². The highest BCUT2D eigenvalue weighted by Crippen LogP contribution is 2.35. The zero-order valence-electron chi connectivity index (χ0n) is 22.1. The van der Waals surface area contributed by atoms with Crippen LogP contribution in [-0.4, -0.2) is 19.5 Å². The number of nitrogens with zero attached hydrogens (tertiary/aromatic N) is 4. The Morgan fingerprint density at radius 3 is 2.15 bits per heavy atom. The van der Waals surface area contributed by atoms with Crippen molar-refractivity contribution in [3.63, 3.8) is 0 Å². The third kappa shape index (κ3) is 3.97. The molecule has 0 spiro atoms. The fourth-order valence-electron chi connectivity index (χ4n) is 5.81. The number of rotatable bonds is 4. The molecule has 4 aromatic carbocycles. The van der Waals surface area contributed by atoms with E-state index in [1.54, 1.807) is 0 Å². The molecule has 4 heterocycles. The zero-order valence-corrected chi connectivity index (χ0v) is 22.1. The zero-order chi connectivity index (χ0) is 27.2. The molecule has 8 rings (SSSR count). The number of hydrogen-bond acceptors (Lipinski definition) is 3. The normalized spacial score (nSPS) is 11.4. The Bertz CT molecular complexity index is 2150. The van der Waals surface area contributed by atoms with E-state index in [0.29, 0.717) is 0 Å². The van der Waals surface area contributed by atoms with Crippen molar-refractivity contribution in [3.8, 4) is 39.5 Å². The van der Waals surface area contributed by atoms with Gasteiger partial charge in [0, 0.05) is 34.4 Å². The van der Waals surface area contributed by atoms with Crippen molar-refractivity contribution < 1.29 is 0 Å². The van der Waals surface area contributed by atoms with Gasteiger partial charge in [-0.25, -0.2) is 9.97 Å². The molecule has 0 saturated heterocycles. The quantitative estimate of drug-likeness (QED) is 0.231. The lowest BCUT2D eigenvalue weighted by Crippen LogP contribution is -1.96. The number of hydrogen-bond donors (Lipinski definition) is 0. The lowest BCUT2D eigenvalue weighted by atomic mass is 9.97. The van der Waals surface area contributed by atoms with Crippen molar-refractivity contribution in [2.24, 2.45) is 0 Å². The van der Waals surface area contributed by atoms with E-state index < -0.39 is 0 Å². The van der Waals surface area contributed by atoms with Gasteiger partial charge in [0.1, 0.15) is 5.65 Å². The number of para-hydroxylation sites is 1. The summed E-state index contributed by atoms with van der Waals surface area (Å²) in [5.74, 6) is 0. The molecule has 4 nitrogen and oxygen atoms in total. The van der Waals surface area contributed by atoms with Crippen LogP contribution in [0.3, 0.4) is 0 Å². The maximum absolute atomic E-state index is 5.13. The first kappa shape index (κ1) is 23.3. The molecule has 0 aliphatic heterocycles. The molecule has 0 aliphatic carbocycles. The molecule has 0 atom stereocenters. The van der Waals surface area contributed by atoms with Gasteiger partial charge >= 0.3 is 0 Å². The molecule has 8 aromatic rings. The molecule has 0 aliphatic rings. The van der Waals surface area contributed by atoms with Crippen molar-refractivity contribution >= 4 is 32.7 Å². The van der Waals surface area contributed by atoms with E-state index in [4.69, 9.17) is 9.97 Å². The Kier molecular flexibility index (Phi) is 5.42. The number of aromatic nitrogens is 4. The number of pyridine rings is 3. The molecule has 4 heteroatoms. The second-order valence-corrected chi connectivity index (χ2v) is 10.1. The standard InChI is InChI=1S/C37H24N4/c1-2-14-29-25(10-1)11-8-16-30(29)34-23-27(24-35(40-34)33-18-5-6-20-38-33)26-12-7-13-28(22-26)41-36-19-4-3-15-31(36)32-17-9-21-39-37(32)41/h1-24H. The molecule has 0 fully saturated rings. The summed E-state index contributed by atoms with van der Waals surface area (Å²) in [6, 6.07) is 46.4. The average molecular weight is 525 g/mol. The van der Waals surface area contributed by atoms with Crippen LogP contribution in [0.15, 0.2) is 146 Å². The molecule has 0 unspecified atom stereocenters. The van der Waals surface area contributed by atoms with Crippen LogP contribution in [0.25, 0.3) is 72.2 Å². The van der Waals surface area contributed by atoms with E-state index in [1.807, 2.05) is 36.7 Å².